The van der Waals surface area contributed by atoms with Gasteiger partial charge >= 0.3 is 0 Å². The number of halogens is 1. The number of rotatable bonds is 6. The van der Waals surface area contributed by atoms with Crippen LogP contribution in [0.3, 0.4) is 0 Å². The molecule has 0 aliphatic carbocycles. The van der Waals surface area contributed by atoms with Crippen molar-refractivity contribution < 1.29 is 0 Å². The molecule has 2 aromatic rings. The normalized spacial score (nSPS) is 14.1. The van der Waals surface area contributed by atoms with Gasteiger partial charge in [0.05, 0.1) is 0 Å². The van der Waals surface area contributed by atoms with E-state index in [2.05, 4.69) is 49.2 Å². The summed E-state index contributed by atoms with van der Waals surface area (Å²) in [6, 6.07) is 19.0. The molecule has 0 saturated carbocycles. The van der Waals surface area contributed by atoms with E-state index in [1.54, 1.807) is 0 Å². The SMILES string of the molecule is CC(c1ccccc1Cl)N(C)C(CN)Cc1ccccc1. The quantitative estimate of drug-likeness (QED) is 0.877. The highest BCUT2D eigenvalue weighted by Gasteiger charge is 2.21. The summed E-state index contributed by atoms with van der Waals surface area (Å²) in [6.45, 7) is 2.80. The van der Waals surface area contributed by atoms with E-state index >= 15 is 0 Å². The van der Waals surface area contributed by atoms with E-state index in [-0.39, 0.29) is 6.04 Å². The Balaban J connectivity index is 2.12. The summed E-state index contributed by atoms with van der Waals surface area (Å²) in [6.07, 6.45) is 0.947. The van der Waals surface area contributed by atoms with E-state index in [9.17, 15) is 0 Å². The molecular formula is C18H23ClN2. The summed E-state index contributed by atoms with van der Waals surface area (Å²) in [4.78, 5) is 2.31. The predicted molar refractivity (Wildman–Crippen MR) is 90.6 cm³/mol. The second kappa shape index (κ2) is 7.60. The van der Waals surface area contributed by atoms with Crippen LogP contribution in [0.15, 0.2) is 54.6 Å². The Labute approximate surface area is 132 Å². The predicted octanol–water partition coefficient (Wildman–Crippen LogP) is 3.90. The van der Waals surface area contributed by atoms with Crippen molar-refractivity contribution in [3.05, 3.63) is 70.7 Å². The van der Waals surface area contributed by atoms with E-state index in [0.29, 0.717) is 12.6 Å². The van der Waals surface area contributed by atoms with Crippen molar-refractivity contribution in [3.63, 3.8) is 0 Å². The number of hydrogen-bond acceptors (Lipinski definition) is 2. The molecule has 0 aliphatic rings. The molecule has 0 aliphatic heterocycles. The van der Waals surface area contributed by atoms with Crippen LogP contribution < -0.4 is 5.73 Å². The first-order valence-electron chi connectivity index (χ1n) is 7.33. The molecule has 2 aromatic carbocycles. The fourth-order valence-corrected chi connectivity index (χ4v) is 2.92. The first-order chi connectivity index (χ1) is 10.1. The topological polar surface area (TPSA) is 29.3 Å². The molecular weight excluding hydrogens is 280 g/mol. The van der Waals surface area contributed by atoms with Crippen LogP contribution in [-0.4, -0.2) is 24.5 Å². The maximum Gasteiger partial charge on any atom is 0.0453 e. The zero-order valence-corrected chi connectivity index (χ0v) is 13.4. The lowest BCUT2D eigenvalue weighted by molar-refractivity contribution is 0.188. The molecule has 3 heteroatoms. The Morgan fingerprint density at radius 2 is 1.67 bits per heavy atom. The third kappa shape index (κ3) is 4.07. The number of nitrogens with two attached hydrogens (primary N) is 1. The molecule has 21 heavy (non-hydrogen) atoms. The summed E-state index contributed by atoms with van der Waals surface area (Å²) in [5.41, 5.74) is 8.46. The number of nitrogens with zero attached hydrogens (tertiary/aromatic N) is 1. The maximum atomic E-state index is 6.31. The van der Waals surface area contributed by atoms with Gasteiger partial charge in [-0.05, 0) is 37.6 Å². The zero-order chi connectivity index (χ0) is 15.2. The first kappa shape index (κ1) is 16.0. The lowest BCUT2D eigenvalue weighted by Crippen LogP contribution is -2.41. The maximum absolute atomic E-state index is 6.31. The molecule has 2 nitrogen and oxygen atoms in total. The minimum absolute atomic E-state index is 0.232. The van der Waals surface area contributed by atoms with Gasteiger partial charge in [-0.1, -0.05) is 60.1 Å². The molecule has 0 bridgehead atoms. The van der Waals surface area contributed by atoms with Crippen LogP contribution in [0, 0.1) is 0 Å². The Kier molecular flexibility index (Phi) is 5.80. The first-order valence-corrected chi connectivity index (χ1v) is 7.71. The van der Waals surface area contributed by atoms with E-state index in [0.717, 1.165) is 17.0 Å². The van der Waals surface area contributed by atoms with Crippen LogP contribution in [0.2, 0.25) is 5.02 Å². The Morgan fingerprint density at radius 3 is 2.29 bits per heavy atom. The second-order valence-corrected chi connectivity index (χ2v) is 5.85. The number of benzene rings is 2. The molecule has 0 amide bonds. The summed E-state index contributed by atoms with van der Waals surface area (Å²) in [5.74, 6) is 0. The minimum Gasteiger partial charge on any atom is -0.329 e. The lowest BCUT2D eigenvalue weighted by Gasteiger charge is -2.33. The van der Waals surface area contributed by atoms with Gasteiger partial charge in [-0.3, -0.25) is 4.90 Å². The summed E-state index contributed by atoms with van der Waals surface area (Å²) in [7, 11) is 2.12. The van der Waals surface area contributed by atoms with Crippen LogP contribution >= 0.6 is 11.6 Å². The standard InChI is InChI=1S/C18H23ClN2/c1-14(17-10-6-7-11-18(17)19)21(2)16(13-20)12-15-8-4-3-5-9-15/h3-11,14,16H,12-13,20H2,1-2H3. The Morgan fingerprint density at radius 1 is 1.05 bits per heavy atom. The van der Waals surface area contributed by atoms with Crippen molar-refractivity contribution in [2.75, 3.05) is 13.6 Å². The fourth-order valence-electron chi connectivity index (χ4n) is 2.63. The summed E-state index contributed by atoms with van der Waals surface area (Å²) < 4.78 is 0. The summed E-state index contributed by atoms with van der Waals surface area (Å²) >= 11 is 6.31. The fraction of sp³-hybridized carbons (Fsp3) is 0.333. The average Bonchev–Trinajstić information content (AvgIpc) is 2.53. The third-order valence-electron chi connectivity index (χ3n) is 4.13. The molecule has 0 heterocycles. The van der Waals surface area contributed by atoms with Gasteiger partial charge in [0.25, 0.3) is 0 Å². The highest BCUT2D eigenvalue weighted by molar-refractivity contribution is 6.31. The van der Waals surface area contributed by atoms with Crippen molar-refractivity contribution >= 4 is 11.6 Å². The minimum atomic E-state index is 0.232. The Bertz CT molecular complexity index is 556. The highest BCUT2D eigenvalue weighted by atomic mass is 35.5. The molecule has 0 aromatic heterocycles. The largest absolute Gasteiger partial charge is 0.329 e. The average molecular weight is 303 g/mol. The summed E-state index contributed by atoms with van der Waals surface area (Å²) in [5, 5.41) is 0.812. The van der Waals surface area contributed by atoms with Gasteiger partial charge in [0.1, 0.15) is 0 Å². The van der Waals surface area contributed by atoms with Gasteiger partial charge in [-0.15, -0.1) is 0 Å². The van der Waals surface area contributed by atoms with Gasteiger partial charge in [-0.25, -0.2) is 0 Å². The van der Waals surface area contributed by atoms with Gasteiger partial charge in [0, 0.05) is 23.7 Å². The number of hydrogen-bond donors (Lipinski definition) is 1. The Hall–Kier alpha value is -1.35. The van der Waals surface area contributed by atoms with Crippen molar-refractivity contribution in [2.24, 2.45) is 5.73 Å². The molecule has 2 unspecified atom stereocenters. The van der Waals surface area contributed by atoms with Crippen molar-refractivity contribution in [3.8, 4) is 0 Å². The van der Waals surface area contributed by atoms with Crippen molar-refractivity contribution in [2.45, 2.75) is 25.4 Å². The van der Waals surface area contributed by atoms with Gasteiger partial charge in [0.2, 0.25) is 0 Å². The molecule has 2 atom stereocenters. The van der Waals surface area contributed by atoms with Crippen LogP contribution in [0.5, 0.6) is 0 Å². The van der Waals surface area contributed by atoms with E-state index < -0.39 is 0 Å². The number of likely N-dealkylation sites (N-methyl/N-ethyl adjacent to an activating group) is 1. The lowest BCUT2D eigenvalue weighted by atomic mass is 10.0. The van der Waals surface area contributed by atoms with Crippen LogP contribution in [0.4, 0.5) is 0 Å². The van der Waals surface area contributed by atoms with E-state index in [4.69, 9.17) is 17.3 Å². The second-order valence-electron chi connectivity index (χ2n) is 5.44. The molecule has 0 spiro atoms. The third-order valence-corrected chi connectivity index (χ3v) is 4.47. The van der Waals surface area contributed by atoms with Gasteiger partial charge < -0.3 is 5.73 Å². The van der Waals surface area contributed by atoms with E-state index in [1.165, 1.54) is 5.56 Å². The zero-order valence-electron chi connectivity index (χ0n) is 12.7. The van der Waals surface area contributed by atoms with Crippen LogP contribution in [0.25, 0.3) is 0 Å². The van der Waals surface area contributed by atoms with E-state index in [1.807, 2.05) is 24.3 Å². The molecule has 112 valence electrons. The smallest absolute Gasteiger partial charge is 0.0453 e. The van der Waals surface area contributed by atoms with Crippen LogP contribution in [-0.2, 0) is 6.42 Å². The van der Waals surface area contributed by atoms with Crippen molar-refractivity contribution in [1.29, 1.82) is 0 Å². The molecule has 0 radical (unpaired) electrons. The molecule has 2 N–H and O–H groups in total. The molecule has 0 saturated heterocycles. The highest BCUT2D eigenvalue weighted by Crippen LogP contribution is 2.27. The van der Waals surface area contributed by atoms with Gasteiger partial charge in [0.15, 0.2) is 0 Å². The monoisotopic (exact) mass is 302 g/mol. The van der Waals surface area contributed by atoms with Crippen molar-refractivity contribution in [1.82, 2.24) is 4.90 Å². The van der Waals surface area contributed by atoms with Crippen LogP contribution in [0.1, 0.15) is 24.1 Å². The molecule has 2 rings (SSSR count). The molecule has 0 fully saturated rings. The van der Waals surface area contributed by atoms with Gasteiger partial charge in [-0.2, -0.15) is 0 Å².